The first-order chi connectivity index (χ1) is 7.44. The van der Waals surface area contributed by atoms with Crippen LogP contribution >= 0.6 is 22.7 Å². The van der Waals surface area contributed by atoms with E-state index in [1.54, 1.807) is 6.20 Å². The fourth-order valence-corrected chi connectivity index (χ4v) is 3.79. The number of rotatable bonds is 3. The summed E-state index contributed by atoms with van der Waals surface area (Å²) in [6.45, 7) is 0. The van der Waals surface area contributed by atoms with E-state index >= 15 is 0 Å². The molecule has 6 nitrogen and oxygen atoms in total. The molecule has 9 heteroatoms. The van der Waals surface area contributed by atoms with Gasteiger partial charge in [-0.25, -0.2) is 13.4 Å². The minimum atomic E-state index is -3.05. The Bertz CT molecular complexity index is 601. The van der Waals surface area contributed by atoms with Crippen LogP contribution in [0.4, 0.5) is 5.13 Å². The van der Waals surface area contributed by atoms with Gasteiger partial charge < -0.3 is 5.73 Å². The topological polar surface area (TPSA) is 98.8 Å². The van der Waals surface area contributed by atoms with Gasteiger partial charge in [0, 0.05) is 12.5 Å². The van der Waals surface area contributed by atoms with Crippen molar-refractivity contribution in [3.8, 4) is 9.88 Å². The second-order valence-corrected chi connectivity index (χ2v) is 7.40. The van der Waals surface area contributed by atoms with E-state index < -0.39 is 9.84 Å². The van der Waals surface area contributed by atoms with Crippen molar-refractivity contribution in [3.05, 3.63) is 11.2 Å². The lowest BCUT2D eigenvalue weighted by Gasteiger charge is -1.90. The van der Waals surface area contributed by atoms with Crippen molar-refractivity contribution < 1.29 is 8.42 Å². The maximum absolute atomic E-state index is 11.1. The summed E-state index contributed by atoms with van der Waals surface area (Å²) in [5.74, 6) is -0.0497. The fourth-order valence-electron chi connectivity index (χ4n) is 1.03. The predicted octanol–water partition coefficient (Wildman–Crippen LogP) is 0.788. The highest BCUT2D eigenvalue weighted by Crippen LogP contribution is 2.29. The number of hydrogen-bond acceptors (Lipinski definition) is 8. The Labute approximate surface area is 100 Å². The molecule has 16 heavy (non-hydrogen) atoms. The molecule has 0 unspecified atom stereocenters. The number of nitrogens with two attached hydrogens (primary N) is 1. The van der Waals surface area contributed by atoms with Crippen LogP contribution in [-0.2, 0) is 15.6 Å². The summed E-state index contributed by atoms with van der Waals surface area (Å²) in [4.78, 5) is 4.81. The van der Waals surface area contributed by atoms with Crippen molar-refractivity contribution in [1.82, 2.24) is 15.2 Å². The second-order valence-electron chi connectivity index (χ2n) is 3.13. The largest absolute Gasteiger partial charge is 0.374 e. The second kappa shape index (κ2) is 4.07. The Balaban J connectivity index is 2.26. The third-order valence-electron chi connectivity index (χ3n) is 1.59. The Kier molecular flexibility index (Phi) is 2.91. The zero-order chi connectivity index (χ0) is 11.8. The molecule has 0 spiro atoms. The summed E-state index contributed by atoms with van der Waals surface area (Å²) in [5, 5.41) is 9.14. The van der Waals surface area contributed by atoms with Gasteiger partial charge in [0.1, 0.15) is 10.8 Å². The van der Waals surface area contributed by atoms with Crippen LogP contribution in [0.15, 0.2) is 6.20 Å². The van der Waals surface area contributed by atoms with Crippen LogP contribution in [0.25, 0.3) is 9.88 Å². The summed E-state index contributed by atoms with van der Waals surface area (Å²) in [5.41, 5.74) is 5.46. The van der Waals surface area contributed by atoms with Crippen LogP contribution in [0.3, 0.4) is 0 Å². The van der Waals surface area contributed by atoms with Crippen molar-refractivity contribution in [1.29, 1.82) is 0 Å². The molecule has 0 amide bonds. The zero-order valence-corrected chi connectivity index (χ0v) is 10.7. The van der Waals surface area contributed by atoms with E-state index in [1.165, 1.54) is 28.9 Å². The normalized spacial score (nSPS) is 11.8. The van der Waals surface area contributed by atoms with Gasteiger partial charge in [-0.05, 0) is 0 Å². The van der Waals surface area contributed by atoms with Gasteiger partial charge in [-0.1, -0.05) is 11.3 Å². The number of thiazole rings is 1. The number of hydrogen-bond donors (Lipinski definition) is 1. The third kappa shape index (κ3) is 2.74. The summed E-state index contributed by atoms with van der Waals surface area (Å²) in [7, 11) is -3.05. The predicted molar refractivity (Wildman–Crippen MR) is 64.0 cm³/mol. The average Bonchev–Trinajstić information content (AvgIpc) is 2.71. The molecule has 0 saturated heterocycles. The lowest BCUT2D eigenvalue weighted by atomic mass is 10.6. The first-order valence-electron chi connectivity index (χ1n) is 4.16. The Hall–Kier alpha value is -1.06. The van der Waals surface area contributed by atoms with Gasteiger partial charge in [0.2, 0.25) is 5.13 Å². The molecule has 2 aromatic heterocycles. The molecule has 86 valence electrons. The first-order valence-corrected chi connectivity index (χ1v) is 7.85. The summed E-state index contributed by atoms with van der Waals surface area (Å²) >= 11 is 2.54. The summed E-state index contributed by atoms with van der Waals surface area (Å²) < 4.78 is 22.1. The Morgan fingerprint density at radius 1 is 1.38 bits per heavy atom. The molecule has 2 N–H and O–H groups in total. The molecule has 0 aliphatic rings. The summed E-state index contributed by atoms with van der Waals surface area (Å²) in [6, 6.07) is 0. The highest BCUT2D eigenvalue weighted by atomic mass is 32.2. The number of nitrogen functional groups attached to an aromatic ring is 1. The van der Waals surface area contributed by atoms with E-state index in [4.69, 9.17) is 5.73 Å². The van der Waals surface area contributed by atoms with Crippen LogP contribution in [0.1, 0.15) is 5.01 Å². The third-order valence-corrected chi connectivity index (χ3v) is 4.49. The van der Waals surface area contributed by atoms with Gasteiger partial charge in [0.15, 0.2) is 14.8 Å². The van der Waals surface area contributed by atoms with Gasteiger partial charge >= 0.3 is 0 Å². The molecular formula is C7H8N4O2S3. The maximum atomic E-state index is 11.1. The minimum absolute atomic E-state index is 0.0497. The van der Waals surface area contributed by atoms with Crippen LogP contribution in [0, 0.1) is 0 Å². The molecule has 0 saturated carbocycles. The molecule has 0 aliphatic carbocycles. The number of anilines is 1. The number of nitrogens with zero attached hydrogens (tertiary/aromatic N) is 3. The number of aromatic nitrogens is 3. The number of sulfone groups is 1. The maximum Gasteiger partial charge on any atom is 0.203 e. The molecule has 0 radical (unpaired) electrons. The highest BCUT2D eigenvalue weighted by Gasteiger charge is 2.12. The lowest BCUT2D eigenvalue weighted by Crippen LogP contribution is -1.99. The molecular weight excluding hydrogens is 268 g/mol. The van der Waals surface area contributed by atoms with Crippen molar-refractivity contribution in [2.45, 2.75) is 5.75 Å². The quantitative estimate of drug-likeness (QED) is 0.889. The molecule has 0 aliphatic heterocycles. The monoisotopic (exact) mass is 276 g/mol. The van der Waals surface area contributed by atoms with Gasteiger partial charge in [0.05, 0.1) is 4.88 Å². The first kappa shape index (κ1) is 11.4. The molecule has 0 atom stereocenters. The molecule has 0 bridgehead atoms. The lowest BCUT2D eigenvalue weighted by molar-refractivity contribution is 0.601. The van der Waals surface area contributed by atoms with Crippen molar-refractivity contribution in [3.63, 3.8) is 0 Å². The van der Waals surface area contributed by atoms with Crippen molar-refractivity contribution >= 4 is 37.6 Å². The Morgan fingerprint density at radius 2 is 2.12 bits per heavy atom. The van der Waals surface area contributed by atoms with Crippen molar-refractivity contribution in [2.24, 2.45) is 0 Å². The van der Waals surface area contributed by atoms with E-state index in [2.05, 4.69) is 15.2 Å². The summed E-state index contributed by atoms with van der Waals surface area (Å²) in [6.07, 6.45) is 2.77. The smallest absolute Gasteiger partial charge is 0.203 e. The van der Waals surface area contributed by atoms with Gasteiger partial charge in [-0.3, -0.25) is 0 Å². The standard InChI is InChI=1S/C7H8N4O2S3/c1-16(12,13)3-5-9-2-4(14-5)6-10-11-7(8)15-6/h2H,3H2,1H3,(H2,8,11). The molecule has 2 rings (SSSR count). The van der Waals surface area contributed by atoms with Crippen LogP contribution in [0.2, 0.25) is 0 Å². The minimum Gasteiger partial charge on any atom is -0.374 e. The van der Waals surface area contributed by atoms with Crippen molar-refractivity contribution in [2.75, 3.05) is 12.0 Å². The Morgan fingerprint density at radius 3 is 2.69 bits per heavy atom. The molecule has 0 aromatic carbocycles. The van der Waals surface area contributed by atoms with Gasteiger partial charge in [-0.15, -0.1) is 21.5 Å². The van der Waals surface area contributed by atoms with Crippen LogP contribution in [-0.4, -0.2) is 29.9 Å². The van der Waals surface area contributed by atoms with E-state index in [1.807, 2.05) is 0 Å². The molecule has 2 aromatic rings. The highest BCUT2D eigenvalue weighted by molar-refractivity contribution is 7.90. The van der Waals surface area contributed by atoms with Crippen LogP contribution in [0.5, 0.6) is 0 Å². The van der Waals surface area contributed by atoms with Crippen LogP contribution < -0.4 is 5.73 Å². The zero-order valence-electron chi connectivity index (χ0n) is 8.24. The van der Waals surface area contributed by atoms with E-state index in [0.29, 0.717) is 15.1 Å². The van der Waals surface area contributed by atoms with E-state index in [0.717, 1.165) is 4.88 Å². The van der Waals surface area contributed by atoms with E-state index in [-0.39, 0.29) is 5.75 Å². The molecule has 0 fully saturated rings. The van der Waals surface area contributed by atoms with Gasteiger partial charge in [-0.2, -0.15) is 0 Å². The molecule has 2 heterocycles. The van der Waals surface area contributed by atoms with E-state index in [9.17, 15) is 8.42 Å². The fraction of sp³-hybridized carbons (Fsp3) is 0.286. The average molecular weight is 276 g/mol. The SMILES string of the molecule is CS(=O)(=O)Cc1ncc(-c2nnc(N)s2)s1. The van der Waals surface area contributed by atoms with Gasteiger partial charge in [0.25, 0.3) is 0 Å².